The first-order valence-corrected chi connectivity index (χ1v) is 6.16. The largest absolute Gasteiger partial charge is 0.481 e. The third-order valence-electron chi connectivity index (χ3n) is 3.89. The van der Waals surface area contributed by atoms with Gasteiger partial charge in [0.15, 0.2) is 0 Å². The molecule has 5 heteroatoms. The number of nitrogens with zero attached hydrogens (tertiary/aromatic N) is 1. The van der Waals surface area contributed by atoms with Crippen LogP contribution in [0.15, 0.2) is 0 Å². The van der Waals surface area contributed by atoms with E-state index in [-0.39, 0.29) is 18.6 Å². The van der Waals surface area contributed by atoms with Crippen LogP contribution in [0, 0.1) is 5.41 Å². The van der Waals surface area contributed by atoms with Crippen LogP contribution in [0.2, 0.25) is 0 Å². The highest BCUT2D eigenvalue weighted by Crippen LogP contribution is 2.34. The molecule has 2 unspecified atom stereocenters. The molecule has 0 spiro atoms. The monoisotopic (exact) mass is 241 g/mol. The molecule has 2 aliphatic heterocycles. The number of aliphatic carboxylic acids is 1. The summed E-state index contributed by atoms with van der Waals surface area (Å²) in [6.07, 6.45) is 3.44. The molecule has 5 nitrogen and oxygen atoms in total. The Morgan fingerprint density at radius 1 is 1.47 bits per heavy atom. The van der Waals surface area contributed by atoms with E-state index in [9.17, 15) is 14.7 Å². The van der Waals surface area contributed by atoms with Gasteiger partial charge >= 0.3 is 5.97 Å². The predicted molar refractivity (Wildman–Crippen MR) is 60.5 cm³/mol. The Labute approximate surface area is 101 Å². The zero-order valence-electron chi connectivity index (χ0n) is 10.1. The Morgan fingerprint density at radius 3 is 2.94 bits per heavy atom. The van der Waals surface area contributed by atoms with E-state index in [4.69, 9.17) is 4.74 Å². The van der Waals surface area contributed by atoms with Gasteiger partial charge in [-0.1, -0.05) is 6.42 Å². The Hall–Kier alpha value is -1.10. The minimum absolute atomic E-state index is 0.0745. The molecule has 2 aliphatic rings. The van der Waals surface area contributed by atoms with Gasteiger partial charge in [0.1, 0.15) is 5.41 Å². The lowest BCUT2D eigenvalue weighted by Gasteiger charge is -2.34. The zero-order valence-corrected chi connectivity index (χ0v) is 10.1. The normalized spacial score (nSPS) is 34.8. The van der Waals surface area contributed by atoms with Crippen molar-refractivity contribution < 1.29 is 19.4 Å². The molecule has 0 aliphatic carbocycles. The van der Waals surface area contributed by atoms with Crippen molar-refractivity contribution in [1.82, 2.24) is 4.90 Å². The molecule has 96 valence electrons. The molecule has 2 rings (SSSR count). The second kappa shape index (κ2) is 4.64. The van der Waals surface area contributed by atoms with Gasteiger partial charge in [-0.25, -0.2) is 0 Å². The van der Waals surface area contributed by atoms with Crippen LogP contribution >= 0.6 is 0 Å². The van der Waals surface area contributed by atoms with Gasteiger partial charge in [-0.3, -0.25) is 9.59 Å². The van der Waals surface area contributed by atoms with Crippen molar-refractivity contribution in [2.45, 2.75) is 38.6 Å². The number of ether oxygens (including phenoxy) is 1. The van der Waals surface area contributed by atoms with E-state index in [1.807, 2.05) is 0 Å². The Morgan fingerprint density at radius 2 is 2.24 bits per heavy atom. The second-order valence-corrected chi connectivity index (χ2v) is 5.15. The SMILES string of the molecule is CC1(C(=O)O)COCC1N1CCCCCC1=O. The van der Waals surface area contributed by atoms with Gasteiger partial charge < -0.3 is 14.7 Å². The summed E-state index contributed by atoms with van der Waals surface area (Å²) in [5.74, 6) is -0.803. The summed E-state index contributed by atoms with van der Waals surface area (Å²) < 4.78 is 5.30. The molecule has 0 aromatic rings. The van der Waals surface area contributed by atoms with E-state index < -0.39 is 11.4 Å². The Bertz CT molecular complexity index is 330. The molecule has 1 amide bonds. The average Bonchev–Trinajstić information content (AvgIpc) is 2.54. The molecule has 2 heterocycles. The summed E-state index contributed by atoms with van der Waals surface area (Å²) in [5.41, 5.74) is -0.958. The van der Waals surface area contributed by atoms with Crippen LogP contribution in [-0.2, 0) is 14.3 Å². The Balaban J connectivity index is 2.19. The maximum atomic E-state index is 12.0. The first kappa shape index (κ1) is 12.4. The summed E-state index contributed by atoms with van der Waals surface area (Å²) in [6.45, 7) is 2.87. The fourth-order valence-electron chi connectivity index (χ4n) is 2.63. The third kappa shape index (κ3) is 2.16. The van der Waals surface area contributed by atoms with Gasteiger partial charge in [-0.05, 0) is 19.8 Å². The number of hydrogen-bond acceptors (Lipinski definition) is 3. The quantitative estimate of drug-likeness (QED) is 0.779. The molecular formula is C12H19NO4. The van der Waals surface area contributed by atoms with Crippen LogP contribution in [-0.4, -0.2) is 47.7 Å². The lowest BCUT2D eigenvalue weighted by molar-refractivity contribution is -0.152. The number of carbonyl (C=O) groups excluding carboxylic acids is 1. The van der Waals surface area contributed by atoms with Gasteiger partial charge in [-0.2, -0.15) is 0 Å². The summed E-state index contributed by atoms with van der Waals surface area (Å²) in [7, 11) is 0. The highest BCUT2D eigenvalue weighted by atomic mass is 16.5. The van der Waals surface area contributed by atoms with Crippen molar-refractivity contribution >= 4 is 11.9 Å². The number of carbonyl (C=O) groups is 2. The van der Waals surface area contributed by atoms with E-state index in [0.717, 1.165) is 19.3 Å². The fourth-order valence-corrected chi connectivity index (χ4v) is 2.63. The Kier molecular flexibility index (Phi) is 3.38. The van der Waals surface area contributed by atoms with E-state index in [1.54, 1.807) is 11.8 Å². The molecule has 0 aromatic carbocycles. The smallest absolute Gasteiger partial charge is 0.313 e. The van der Waals surface area contributed by atoms with Gasteiger partial charge in [0, 0.05) is 13.0 Å². The molecule has 0 saturated carbocycles. The van der Waals surface area contributed by atoms with Crippen LogP contribution in [0.1, 0.15) is 32.6 Å². The highest BCUT2D eigenvalue weighted by molar-refractivity contribution is 5.80. The minimum Gasteiger partial charge on any atom is -0.481 e. The lowest BCUT2D eigenvalue weighted by atomic mass is 9.84. The van der Waals surface area contributed by atoms with Crippen LogP contribution < -0.4 is 0 Å². The van der Waals surface area contributed by atoms with Gasteiger partial charge in [0.25, 0.3) is 0 Å². The predicted octanol–water partition coefficient (Wildman–Crippen LogP) is 0.879. The van der Waals surface area contributed by atoms with Crippen molar-refractivity contribution in [3.05, 3.63) is 0 Å². The minimum atomic E-state index is -0.958. The van der Waals surface area contributed by atoms with Crippen molar-refractivity contribution in [2.24, 2.45) is 5.41 Å². The van der Waals surface area contributed by atoms with Crippen LogP contribution in [0.5, 0.6) is 0 Å². The van der Waals surface area contributed by atoms with Gasteiger partial charge in [-0.15, -0.1) is 0 Å². The van der Waals surface area contributed by atoms with E-state index in [2.05, 4.69) is 0 Å². The number of likely N-dealkylation sites (tertiary alicyclic amines) is 1. The number of carboxylic acid groups (broad SMARTS) is 1. The third-order valence-corrected chi connectivity index (χ3v) is 3.89. The van der Waals surface area contributed by atoms with Crippen LogP contribution in [0.3, 0.4) is 0 Å². The van der Waals surface area contributed by atoms with E-state index in [1.165, 1.54) is 0 Å². The molecule has 2 saturated heterocycles. The van der Waals surface area contributed by atoms with Crippen molar-refractivity contribution in [3.63, 3.8) is 0 Å². The van der Waals surface area contributed by atoms with E-state index >= 15 is 0 Å². The highest BCUT2D eigenvalue weighted by Gasteiger charge is 2.50. The topological polar surface area (TPSA) is 66.8 Å². The number of carboxylic acids is 1. The molecule has 0 aromatic heterocycles. The molecule has 1 N–H and O–H groups in total. The first-order valence-electron chi connectivity index (χ1n) is 6.16. The number of hydrogen-bond donors (Lipinski definition) is 1. The van der Waals surface area contributed by atoms with E-state index in [0.29, 0.717) is 19.6 Å². The standard InChI is InChI=1S/C12H19NO4/c1-12(11(15)16)8-17-7-9(12)13-6-4-2-3-5-10(13)14/h9H,2-8H2,1H3,(H,15,16). The maximum absolute atomic E-state index is 12.0. The number of amides is 1. The van der Waals surface area contributed by atoms with Gasteiger partial charge in [0.2, 0.25) is 5.91 Å². The van der Waals surface area contributed by atoms with Crippen molar-refractivity contribution in [1.29, 1.82) is 0 Å². The number of rotatable bonds is 2. The summed E-state index contributed by atoms with van der Waals surface area (Å²) in [4.78, 5) is 25.1. The lowest BCUT2D eigenvalue weighted by Crippen LogP contribution is -2.52. The summed E-state index contributed by atoms with van der Waals surface area (Å²) in [5, 5.41) is 9.31. The molecule has 17 heavy (non-hydrogen) atoms. The molecule has 0 bridgehead atoms. The van der Waals surface area contributed by atoms with Gasteiger partial charge in [0.05, 0.1) is 19.3 Å². The second-order valence-electron chi connectivity index (χ2n) is 5.15. The zero-order chi connectivity index (χ0) is 12.5. The molecule has 2 fully saturated rings. The first-order chi connectivity index (χ1) is 8.05. The maximum Gasteiger partial charge on any atom is 0.313 e. The molecular weight excluding hydrogens is 222 g/mol. The van der Waals surface area contributed by atoms with Crippen molar-refractivity contribution in [2.75, 3.05) is 19.8 Å². The average molecular weight is 241 g/mol. The van der Waals surface area contributed by atoms with Crippen LogP contribution in [0.25, 0.3) is 0 Å². The fraction of sp³-hybridized carbons (Fsp3) is 0.833. The van der Waals surface area contributed by atoms with Crippen molar-refractivity contribution in [3.8, 4) is 0 Å². The van der Waals surface area contributed by atoms with Crippen LogP contribution in [0.4, 0.5) is 0 Å². The molecule has 2 atom stereocenters. The summed E-state index contributed by atoms with van der Waals surface area (Å²) in [6, 6.07) is -0.314. The molecule has 0 radical (unpaired) electrons. The summed E-state index contributed by atoms with van der Waals surface area (Å²) >= 11 is 0.